The van der Waals surface area contributed by atoms with Crippen LogP contribution < -0.4 is 10.6 Å². The Morgan fingerprint density at radius 3 is 2.60 bits per heavy atom. The predicted octanol–water partition coefficient (Wildman–Crippen LogP) is -1.46. The number of nitrogens with one attached hydrogen (secondary N) is 2. The molecule has 15 heavy (non-hydrogen) atoms. The SMILES string of the molecule is O=S1(=O)CC(O)C(NCCNC(=S)S)C1. The van der Waals surface area contributed by atoms with Crippen molar-refractivity contribution in [3.8, 4) is 0 Å². The largest absolute Gasteiger partial charge is 0.390 e. The highest BCUT2D eigenvalue weighted by molar-refractivity contribution is 8.11. The van der Waals surface area contributed by atoms with E-state index >= 15 is 0 Å². The molecule has 0 radical (unpaired) electrons. The first-order valence-corrected chi connectivity index (χ1v) is 7.17. The first-order valence-electron chi connectivity index (χ1n) is 4.49. The number of hydrogen-bond donors (Lipinski definition) is 4. The highest BCUT2D eigenvalue weighted by Gasteiger charge is 2.35. The number of aliphatic hydroxyl groups is 1. The Bertz CT molecular complexity index is 330. The Labute approximate surface area is 100.0 Å². The summed E-state index contributed by atoms with van der Waals surface area (Å²) in [5.41, 5.74) is 0. The van der Waals surface area contributed by atoms with Gasteiger partial charge in [0.05, 0.1) is 17.6 Å². The van der Waals surface area contributed by atoms with Crippen molar-refractivity contribution in [1.29, 1.82) is 0 Å². The standard InChI is InChI=1S/C7H14N2O3S3/c10-6-4-15(11,12)3-5(6)8-1-2-9-7(13)14/h5-6,8,10H,1-4H2,(H2,9,13,14). The summed E-state index contributed by atoms with van der Waals surface area (Å²) in [6, 6.07) is -0.370. The Morgan fingerprint density at radius 1 is 1.47 bits per heavy atom. The summed E-state index contributed by atoms with van der Waals surface area (Å²) in [5.74, 6) is -0.150. The van der Waals surface area contributed by atoms with E-state index in [1.807, 2.05) is 0 Å². The van der Waals surface area contributed by atoms with E-state index in [1.54, 1.807) is 0 Å². The second-order valence-corrected chi connectivity index (χ2v) is 6.75. The van der Waals surface area contributed by atoms with Crippen molar-refractivity contribution in [2.45, 2.75) is 12.1 Å². The molecule has 1 aliphatic heterocycles. The van der Waals surface area contributed by atoms with Gasteiger partial charge in [-0.25, -0.2) is 8.42 Å². The number of rotatable bonds is 4. The van der Waals surface area contributed by atoms with Gasteiger partial charge in [-0.2, -0.15) is 0 Å². The van der Waals surface area contributed by atoms with Crippen molar-refractivity contribution in [2.75, 3.05) is 24.6 Å². The minimum Gasteiger partial charge on any atom is -0.390 e. The van der Waals surface area contributed by atoms with Crippen LogP contribution in [0, 0.1) is 0 Å². The van der Waals surface area contributed by atoms with Crippen LogP contribution >= 0.6 is 24.8 Å². The van der Waals surface area contributed by atoms with Gasteiger partial charge in [-0.3, -0.25) is 0 Å². The van der Waals surface area contributed by atoms with Crippen LogP contribution in [0.4, 0.5) is 0 Å². The molecule has 1 heterocycles. The van der Waals surface area contributed by atoms with Gasteiger partial charge in [-0.1, -0.05) is 12.2 Å². The lowest BCUT2D eigenvalue weighted by Crippen LogP contribution is -2.42. The number of thiocarbonyl (C=S) groups is 1. The Kier molecular flexibility index (Phi) is 4.78. The van der Waals surface area contributed by atoms with Crippen LogP contribution in [0.1, 0.15) is 0 Å². The summed E-state index contributed by atoms with van der Waals surface area (Å²) in [5, 5.41) is 15.2. The highest BCUT2D eigenvalue weighted by Crippen LogP contribution is 2.11. The second-order valence-electron chi connectivity index (χ2n) is 3.44. The first kappa shape index (κ1) is 13.2. The van der Waals surface area contributed by atoms with E-state index in [4.69, 9.17) is 0 Å². The van der Waals surface area contributed by atoms with E-state index in [1.165, 1.54) is 0 Å². The molecule has 1 fully saturated rings. The Balaban J connectivity index is 2.25. The molecule has 2 atom stereocenters. The maximum atomic E-state index is 11.1. The lowest BCUT2D eigenvalue weighted by molar-refractivity contribution is 0.166. The fraction of sp³-hybridized carbons (Fsp3) is 0.857. The van der Waals surface area contributed by atoms with E-state index < -0.39 is 15.9 Å². The van der Waals surface area contributed by atoms with Crippen molar-refractivity contribution in [3.05, 3.63) is 0 Å². The van der Waals surface area contributed by atoms with Crippen LogP contribution in [0.15, 0.2) is 0 Å². The summed E-state index contributed by atoms with van der Waals surface area (Å²) in [4.78, 5) is 0. The molecule has 0 saturated carbocycles. The molecule has 88 valence electrons. The molecular weight excluding hydrogens is 256 g/mol. The normalized spacial score (nSPS) is 28.9. The lowest BCUT2D eigenvalue weighted by Gasteiger charge is -2.14. The third-order valence-electron chi connectivity index (χ3n) is 2.13. The number of aliphatic hydroxyl groups excluding tert-OH is 1. The van der Waals surface area contributed by atoms with Gasteiger partial charge in [0, 0.05) is 19.1 Å². The number of sulfone groups is 1. The zero-order valence-corrected chi connectivity index (χ0v) is 10.5. The molecule has 2 unspecified atom stereocenters. The van der Waals surface area contributed by atoms with Crippen molar-refractivity contribution in [2.24, 2.45) is 0 Å². The topological polar surface area (TPSA) is 78.4 Å². The van der Waals surface area contributed by atoms with Crippen LogP contribution in [0.25, 0.3) is 0 Å². The van der Waals surface area contributed by atoms with E-state index in [0.717, 1.165) is 0 Å². The predicted molar refractivity (Wildman–Crippen MR) is 66.0 cm³/mol. The fourth-order valence-electron chi connectivity index (χ4n) is 1.45. The van der Waals surface area contributed by atoms with Crippen molar-refractivity contribution in [3.63, 3.8) is 0 Å². The zero-order chi connectivity index (χ0) is 11.5. The molecule has 0 aromatic carbocycles. The molecule has 1 rings (SSSR count). The van der Waals surface area contributed by atoms with Gasteiger partial charge < -0.3 is 15.7 Å². The molecule has 0 aromatic rings. The molecule has 1 aliphatic rings. The van der Waals surface area contributed by atoms with Crippen molar-refractivity contribution < 1.29 is 13.5 Å². The summed E-state index contributed by atoms with van der Waals surface area (Å²) in [6.45, 7) is 1.10. The van der Waals surface area contributed by atoms with Crippen molar-refractivity contribution >= 4 is 39.0 Å². The van der Waals surface area contributed by atoms with E-state index in [-0.39, 0.29) is 17.5 Å². The van der Waals surface area contributed by atoms with Crippen LogP contribution in [0.3, 0.4) is 0 Å². The average molecular weight is 270 g/mol. The maximum absolute atomic E-state index is 11.1. The lowest BCUT2D eigenvalue weighted by atomic mass is 10.2. The highest BCUT2D eigenvalue weighted by atomic mass is 32.2. The van der Waals surface area contributed by atoms with E-state index in [0.29, 0.717) is 17.4 Å². The number of thiol groups is 1. The smallest absolute Gasteiger partial charge is 0.154 e. The Hall–Kier alpha value is 0.110. The third-order valence-corrected chi connectivity index (χ3v) is 4.15. The van der Waals surface area contributed by atoms with Gasteiger partial charge in [0.15, 0.2) is 9.84 Å². The quantitative estimate of drug-likeness (QED) is 0.284. The van der Waals surface area contributed by atoms with Crippen LogP contribution in [-0.2, 0) is 9.84 Å². The summed E-state index contributed by atoms with van der Waals surface area (Å²) in [7, 11) is -3.07. The van der Waals surface area contributed by atoms with Gasteiger partial charge in [0.2, 0.25) is 0 Å². The molecule has 0 aliphatic carbocycles. The fourth-order valence-corrected chi connectivity index (χ4v) is 3.44. The summed E-state index contributed by atoms with van der Waals surface area (Å²) in [6.07, 6.45) is -0.807. The maximum Gasteiger partial charge on any atom is 0.154 e. The van der Waals surface area contributed by atoms with E-state index in [2.05, 4.69) is 35.5 Å². The molecule has 0 bridgehead atoms. The van der Waals surface area contributed by atoms with Crippen molar-refractivity contribution in [1.82, 2.24) is 10.6 Å². The van der Waals surface area contributed by atoms with Gasteiger partial charge in [-0.15, -0.1) is 12.6 Å². The molecule has 5 nitrogen and oxygen atoms in total. The number of hydrogen-bond acceptors (Lipinski definition) is 5. The summed E-state index contributed by atoms with van der Waals surface area (Å²) >= 11 is 8.56. The molecule has 3 N–H and O–H groups in total. The first-order chi connectivity index (χ1) is 6.91. The monoisotopic (exact) mass is 270 g/mol. The minimum atomic E-state index is -3.07. The summed E-state index contributed by atoms with van der Waals surface area (Å²) < 4.78 is 22.7. The van der Waals surface area contributed by atoms with Gasteiger partial charge in [0.25, 0.3) is 0 Å². The zero-order valence-electron chi connectivity index (χ0n) is 8.01. The molecule has 1 saturated heterocycles. The Morgan fingerprint density at radius 2 is 2.13 bits per heavy atom. The molecule has 0 aromatic heterocycles. The molecule has 8 heteroatoms. The minimum absolute atomic E-state index is 0.000508. The van der Waals surface area contributed by atoms with Crippen LogP contribution in [0.2, 0.25) is 0 Å². The molecule has 0 amide bonds. The van der Waals surface area contributed by atoms with Gasteiger partial charge in [0.1, 0.15) is 4.32 Å². The van der Waals surface area contributed by atoms with Gasteiger partial charge in [-0.05, 0) is 0 Å². The average Bonchev–Trinajstić information content (AvgIpc) is 2.33. The third kappa shape index (κ3) is 4.64. The second kappa shape index (κ2) is 5.44. The van der Waals surface area contributed by atoms with Gasteiger partial charge >= 0.3 is 0 Å². The van der Waals surface area contributed by atoms with Crippen LogP contribution in [-0.4, -0.2) is 54.6 Å². The molecular formula is C7H14N2O3S3. The molecule has 0 spiro atoms. The van der Waals surface area contributed by atoms with Crippen LogP contribution in [0.5, 0.6) is 0 Å². The van der Waals surface area contributed by atoms with E-state index in [9.17, 15) is 13.5 Å².